The van der Waals surface area contributed by atoms with E-state index in [1.807, 2.05) is 0 Å². The molecule has 1 N–H and O–H groups in total. The van der Waals surface area contributed by atoms with Crippen LogP contribution < -0.4 is 5.32 Å². The van der Waals surface area contributed by atoms with Gasteiger partial charge in [0.1, 0.15) is 0 Å². The Hall–Kier alpha value is -0.550. The Balaban J connectivity index is 2.07. The van der Waals surface area contributed by atoms with E-state index in [0.717, 1.165) is 6.54 Å². The second-order valence-corrected chi connectivity index (χ2v) is 3.95. The Morgan fingerprint density at radius 2 is 2.27 bits per heavy atom. The van der Waals surface area contributed by atoms with E-state index in [2.05, 4.69) is 25.2 Å². The number of hydrogen-bond donors (Lipinski definition) is 1. The molecule has 1 rings (SSSR count). The lowest BCUT2D eigenvalue weighted by Crippen LogP contribution is -2.30. The Kier molecular flexibility index (Phi) is 2.51. The van der Waals surface area contributed by atoms with E-state index in [9.17, 15) is 0 Å². The highest BCUT2D eigenvalue weighted by atomic mass is 14.9. The van der Waals surface area contributed by atoms with Crippen molar-refractivity contribution in [3.05, 3.63) is 0 Å². The van der Waals surface area contributed by atoms with Crippen molar-refractivity contribution in [1.82, 2.24) is 5.32 Å². The maximum Gasteiger partial charge on any atom is 0.0638 e. The highest BCUT2D eigenvalue weighted by Gasteiger charge is 2.36. The molecule has 0 bridgehead atoms. The molecule has 1 unspecified atom stereocenters. The zero-order chi connectivity index (χ0) is 8.32. The average molecular weight is 152 g/mol. The van der Waals surface area contributed by atoms with Crippen molar-refractivity contribution in [3.8, 4) is 6.07 Å². The van der Waals surface area contributed by atoms with Crippen molar-refractivity contribution < 1.29 is 0 Å². The Bertz CT molecular complexity index is 165. The minimum absolute atomic E-state index is 0.359. The lowest BCUT2D eigenvalue weighted by atomic mass is 10.1. The molecule has 1 aliphatic rings. The molecule has 0 saturated heterocycles. The largest absolute Gasteiger partial charge is 0.313 e. The number of hydrogen-bond acceptors (Lipinski definition) is 2. The summed E-state index contributed by atoms with van der Waals surface area (Å²) in [5.41, 5.74) is 0.559. The van der Waals surface area contributed by atoms with Gasteiger partial charge in [0.25, 0.3) is 0 Å². The molecule has 0 aromatic heterocycles. The van der Waals surface area contributed by atoms with Crippen LogP contribution in [0, 0.1) is 16.7 Å². The van der Waals surface area contributed by atoms with Crippen molar-refractivity contribution in [3.63, 3.8) is 0 Å². The molecule has 2 nitrogen and oxygen atoms in total. The summed E-state index contributed by atoms with van der Waals surface area (Å²) in [6.07, 6.45) is 3.31. The second kappa shape index (κ2) is 3.23. The average Bonchev–Trinajstić information content (AvgIpc) is 2.66. The van der Waals surface area contributed by atoms with E-state index in [4.69, 9.17) is 5.26 Å². The van der Waals surface area contributed by atoms with Crippen molar-refractivity contribution in [2.24, 2.45) is 5.41 Å². The van der Waals surface area contributed by atoms with Gasteiger partial charge in [0, 0.05) is 12.6 Å². The molecule has 0 spiro atoms. The summed E-state index contributed by atoms with van der Waals surface area (Å²) >= 11 is 0. The predicted molar refractivity (Wildman–Crippen MR) is 45.0 cm³/mol. The molecule has 11 heavy (non-hydrogen) atoms. The van der Waals surface area contributed by atoms with Gasteiger partial charge >= 0.3 is 0 Å². The van der Waals surface area contributed by atoms with Crippen LogP contribution in [-0.2, 0) is 0 Å². The topological polar surface area (TPSA) is 35.8 Å². The third-order valence-corrected chi connectivity index (χ3v) is 2.38. The Morgan fingerprint density at radius 1 is 1.64 bits per heavy atom. The molecule has 1 fully saturated rings. The van der Waals surface area contributed by atoms with Gasteiger partial charge in [-0.1, -0.05) is 6.92 Å². The van der Waals surface area contributed by atoms with Crippen molar-refractivity contribution in [1.29, 1.82) is 5.26 Å². The fourth-order valence-electron chi connectivity index (χ4n) is 1.02. The third kappa shape index (κ3) is 2.90. The first-order valence-electron chi connectivity index (χ1n) is 4.27. The van der Waals surface area contributed by atoms with Gasteiger partial charge in [-0.3, -0.25) is 0 Å². The fraction of sp³-hybridized carbons (Fsp3) is 0.889. The summed E-state index contributed by atoms with van der Waals surface area (Å²) in [6, 6.07) is 2.52. The van der Waals surface area contributed by atoms with Gasteiger partial charge in [0.2, 0.25) is 0 Å². The minimum atomic E-state index is 0.359. The van der Waals surface area contributed by atoms with Gasteiger partial charge in [-0.05, 0) is 25.2 Å². The summed E-state index contributed by atoms with van der Waals surface area (Å²) in [5, 5.41) is 11.8. The van der Waals surface area contributed by atoms with Crippen LogP contribution in [0.2, 0.25) is 0 Å². The molecule has 1 saturated carbocycles. The second-order valence-electron chi connectivity index (χ2n) is 3.95. The van der Waals surface area contributed by atoms with Gasteiger partial charge < -0.3 is 5.32 Å². The molecule has 0 aliphatic heterocycles. The van der Waals surface area contributed by atoms with E-state index < -0.39 is 0 Å². The smallest absolute Gasteiger partial charge is 0.0638 e. The van der Waals surface area contributed by atoms with Crippen LogP contribution in [0.3, 0.4) is 0 Å². The van der Waals surface area contributed by atoms with Gasteiger partial charge in [-0.25, -0.2) is 0 Å². The quantitative estimate of drug-likeness (QED) is 0.665. The first-order valence-corrected chi connectivity index (χ1v) is 4.27. The van der Waals surface area contributed by atoms with Crippen LogP contribution in [0.5, 0.6) is 0 Å². The zero-order valence-electron chi connectivity index (χ0n) is 7.35. The summed E-state index contributed by atoms with van der Waals surface area (Å²) in [6.45, 7) is 5.43. The summed E-state index contributed by atoms with van der Waals surface area (Å²) in [7, 11) is 0. The molecule has 1 aliphatic carbocycles. The molecule has 0 aromatic carbocycles. The summed E-state index contributed by atoms with van der Waals surface area (Å²) in [5.74, 6) is 0. The van der Waals surface area contributed by atoms with E-state index in [1.165, 1.54) is 12.8 Å². The van der Waals surface area contributed by atoms with Crippen molar-refractivity contribution in [2.45, 2.75) is 39.2 Å². The first-order chi connectivity index (χ1) is 5.16. The van der Waals surface area contributed by atoms with Crippen LogP contribution in [-0.4, -0.2) is 12.6 Å². The standard InChI is InChI=1S/C9H16N2/c1-8(3-6-10)11-7-9(2)4-5-9/h8,11H,3-5,7H2,1-2H3. The normalized spacial score (nSPS) is 22.3. The monoisotopic (exact) mass is 152 g/mol. The van der Waals surface area contributed by atoms with Crippen LogP contribution >= 0.6 is 0 Å². The molecule has 62 valence electrons. The predicted octanol–water partition coefficient (Wildman–Crippen LogP) is 1.68. The number of rotatable bonds is 4. The highest BCUT2D eigenvalue weighted by molar-refractivity contribution is 4.91. The highest BCUT2D eigenvalue weighted by Crippen LogP contribution is 2.44. The van der Waals surface area contributed by atoms with E-state index in [-0.39, 0.29) is 0 Å². The maximum atomic E-state index is 8.39. The number of nitrogens with zero attached hydrogens (tertiary/aromatic N) is 1. The van der Waals surface area contributed by atoms with Crippen LogP contribution in [0.25, 0.3) is 0 Å². The summed E-state index contributed by atoms with van der Waals surface area (Å²) in [4.78, 5) is 0. The van der Waals surface area contributed by atoms with Crippen molar-refractivity contribution >= 4 is 0 Å². The number of nitrogens with one attached hydrogen (secondary N) is 1. The van der Waals surface area contributed by atoms with E-state index in [1.54, 1.807) is 0 Å². The molecule has 2 heteroatoms. The lowest BCUT2D eigenvalue weighted by molar-refractivity contribution is 0.452. The maximum absolute atomic E-state index is 8.39. The van der Waals surface area contributed by atoms with E-state index >= 15 is 0 Å². The molecule has 0 heterocycles. The van der Waals surface area contributed by atoms with Gasteiger partial charge in [0.05, 0.1) is 12.5 Å². The fourth-order valence-corrected chi connectivity index (χ4v) is 1.02. The van der Waals surface area contributed by atoms with Crippen LogP contribution in [0.15, 0.2) is 0 Å². The molecule has 0 aromatic rings. The SMILES string of the molecule is CC(CC#N)NCC1(C)CC1. The third-order valence-electron chi connectivity index (χ3n) is 2.38. The molecule has 0 radical (unpaired) electrons. The van der Waals surface area contributed by atoms with E-state index in [0.29, 0.717) is 17.9 Å². The molecule has 1 atom stereocenters. The lowest BCUT2D eigenvalue weighted by Gasteiger charge is -2.13. The molecular formula is C9H16N2. The van der Waals surface area contributed by atoms with Crippen LogP contribution in [0.1, 0.15) is 33.1 Å². The Labute approximate surface area is 68.6 Å². The number of nitriles is 1. The molecular weight excluding hydrogens is 136 g/mol. The van der Waals surface area contributed by atoms with Gasteiger partial charge in [-0.15, -0.1) is 0 Å². The van der Waals surface area contributed by atoms with Gasteiger partial charge in [0.15, 0.2) is 0 Å². The summed E-state index contributed by atoms with van der Waals surface area (Å²) < 4.78 is 0. The van der Waals surface area contributed by atoms with Crippen molar-refractivity contribution in [2.75, 3.05) is 6.54 Å². The van der Waals surface area contributed by atoms with Crippen LogP contribution in [0.4, 0.5) is 0 Å². The van der Waals surface area contributed by atoms with Gasteiger partial charge in [-0.2, -0.15) is 5.26 Å². The Morgan fingerprint density at radius 3 is 2.73 bits per heavy atom. The zero-order valence-corrected chi connectivity index (χ0v) is 7.35. The minimum Gasteiger partial charge on any atom is -0.313 e. The first kappa shape index (κ1) is 8.55. The molecule has 0 amide bonds.